The summed E-state index contributed by atoms with van der Waals surface area (Å²) in [7, 11) is 0. The monoisotopic (exact) mass is 602 g/mol. The fourth-order valence-corrected chi connectivity index (χ4v) is 3.41. The van der Waals surface area contributed by atoms with Crippen LogP contribution in [0.15, 0.2) is 34.7 Å². The van der Waals surface area contributed by atoms with E-state index in [0.29, 0.717) is 10.8 Å². The minimum Gasteiger partial charge on any atom is -0.480 e. The molecule has 0 atom stereocenters. The van der Waals surface area contributed by atoms with Crippen LogP contribution in [-0.4, -0.2) is 90.3 Å². The molecule has 3 rings (SSSR count). The van der Waals surface area contributed by atoms with Gasteiger partial charge in [0, 0.05) is 43.9 Å². The average Bonchev–Trinajstić information content (AvgIpc) is 3.31. The van der Waals surface area contributed by atoms with Gasteiger partial charge in [0.1, 0.15) is 0 Å². The van der Waals surface area contributed by atoms with Crippen molar-refractivity contribution < 1.29 is 59.0 Å². The molecule has 0 aliphatic carbocycles. The molecule has 1 aromatic heterocycles. The summed E-state index contributed by atoms with van der Waals surface area (Å²) >= 11 is 0. The summed E-state index contributed by atoms with van der Waals surface area (Å²) in [5, 5.41) is 28.5. The molecule has 0 aliphatic heterocycles. The molecule has 2 aromatic carbocycles. The predicted octanol–water partition coefficient (Wildman–Crippen LogP) is 0.0862. The Morgan fingerprint density at radius 3 is 1.68 bits per heavy atom. The second-order valence-corrected chi connectivity index (χ2v) is 7.89. The van der Waals surface area contributed by atoms with E-state index in [2.05, 4.69) is 21.3 Å². The van der Waals surface area contributed by atoms with E-state index < -0.39 is 29.9 Å². The lowest BCUT2D eigenvalue weighted by atomic mass is 10.1. The number of carbonyl (C=O) groups is 5. The first-order chi connectivity index (χ1) is 18.2. The Morgan fingerprint density at radius 2 is 1.22 bits per heavy atom. The first-order valence-electron chi connectivity index (χ1n) is 11.4. The fourth-order valence-electron chi connectivity index (χ4n) is 3.41. The number of benzene rings is 2. The first kappa shape index (κ1) is 36.5. The van der Waals surface area contributed by atoms with E-state index >= 15 is 0 Å². The van der Waals surface area contributed by atoms with Crippen molar-refractivity contribution in [2.75, 3.05) is 39.3 Å². The lowest BCUT2D eigenvalue weighted by Crippen LogP contribution is -2.35. The molecule has 0 saturated carbocycles. The maximum Gasteiger partial charge on any atom is 0.412 e. The number of fused-ring (bicyclic) bond motifs is 2. The number of aliphatic carboxylic acids is 2. The van der Waals surface area contributed by atoms with Crippen LogP contribution < -0.4 is 30.7 Å². The van der Waals surface area contributed by atoms with E-state index in [4.69, 9.17) is 24.1 Å². The molecule has 0 bridgehead atoms. The SMILES string of the molecule is CC(=O)c1cc2c(OC(=O)NCCNCC(=O)O)c3ccccc3c(OC(=O)NCCNCC(=O)O)c2o1.Cl.O.O. The van der Waals surface area contributed by atoms with Crippen molar-refractivity contribution >= 4 is 64.1 Å². The van der Waals surface area contributed by atoms with Crippen LogP contribution in [-0.2, 0) is 9.59 Å². The van der Waals surface area contributed by atoms with Gasteiger partial charge < -0.3 is 56.3 Å². The molecule has 17 heteroatoms. The maximum absolute atomic E-state index is 12.5. The highest BCUT2D eigenvalue weighted by Crippen LogP contribution is 2.44. The van der Waals surface area contributed by atoms with Crippen molar-refractivity contribution in [1.82, 2.24) is 21.3 Å². The van der Waals surface area contributed by atoms with Gasteiger partial charge in [-0.2, -0.15) is 0 Å². The molecule has 0 spiro atoms. The normalized spacial score (nSPS) is 9.98. The highest BCUT2D eigenvalue weighted by molar-refractivity contribution is 6.12. The zero-order valence-corrected chi connectivity index (χ0v) is 22.5. The number of ketones is 1. The molecule has 2 amide bonds. The summed E-state index contributed by atoms with van der Waals surface area (Å²) in [6.45, 7) is 1.28. The van der Waals surface area contributed by atoms with Crippen LogP contribution in [0, 0.1) is 0 Å². The van der Waals surface area contributed by atoms with E-state index in [1.165, 1.54) is 13.0 Å². The largest absolute Gasteiger partial charge is 0.480 e. The quantitative estimate of drug-likeness (QED) is 0.112. The highest BCUT2D eigenvalue weighted by atomic mass is 35.5. The predicted molar refractivity (Wildman–Crippen MR) is 147 cm³/mol. The third-order valence-electron chi connectivity index (χ3n) is 5.03. The number of ether oxygens (including phenoxy) is 2. The Morgan fingerprint density at radius 1 is 0.756 bits per heavy atom. The fraction of sp³-hybridized carbons (Fsp3) is 0.292. The van der Waals surface area contributed by atoms with E-state index in [1.54, 1.807) is 24.3 Å². The van der Waals surface area contributed by atoms with Gasteiger partial charge in [-0.05, 0) is 6.07 Å². The number of Topliss-reactive ketones (excluding diaryl/α,β-unsaturated/α-hetero) is 1. The molecule has 0 radical (unpaired) electrons. The summed E-state index contributed by atoms with van der Waals surface area (Å²) < 4.78 is 16.8. The van der Waals surface area contributed by atoms with E-state index in [1.807, 2.05) is 0 Å². The second kappa shape index (κ2) is 17.3. The standard InChI is InChI=1S/C24H26N4O10.ClH.2H2O/c1-13(29)17-10-16-20(37-23(34)27-8-6-25-11-18(30)31)14-4-2-3-5-15(14)21(22(16)36-17)38-24(35)28-9-7-26-12-19(32)33;;;/h2-5,10,25-26H,6-9,11-12H2,1H3,(H,27,34)(H,28,35)(H,30,31)(H,32,33);1H;2*1H2. The van der Waals surface area contributed by atoms with E-state index in [-0.39, 0.29) is 90.9 Å². The third-order valence-corrected chi connectivity index (χ3v) is 5.03. The van der Waals surface area contributed by atoms with Crippen molar-refractivity contribution in [3.05, 3.63) is 36.1 Å². The maximum atomic E-state index is 12.5. The lowest BCUT2D eigenvalue weighted by molar-refractivity contribution is -0.136. The number of hydrogen-bond acceptors (Lipinski definition) is 10. The number of halogens is 1. The molecule has 0 saturated heterocycles. The molecule has 226 valence electrons. The second-order valence-electron chi connectivity index (χ2n) is 7.89. The Labute approximate surface area is 238 Å². The van der Waals surface area contributed by atoms with Crippen molar-refractivity contribution in [2.24, 2.45) is 0 Å². The van der Waals surface area contributed by atoms with Crippen LogP contribution in [0.5, 0.6) is 11.5 Å². The molecular formula is C24H31ClN4O12. The number of amides is 2. The van der Waals surface area contributed by atoms with Crippen LogP contribution >= 0.6 is 12.4 Å². The Balaban J connectivity index is 0.00000533. The molecule has 41 heavy (non-hydrogen) atoms. The van der Waals surface area contributed by atoms with Gasteiger partial charge in [-0.25, -0.2) is 9.59 Å². The van der Waals surface area contributed by atoms with Crippen LogP contribution in [0.1, 0.15) is 17.5 Å². The van der Waals surface area contributed by atoms with Crippen LogP contribution in [0.3, 0.4) is 0 Å². The molecule has 0 aliphatic rings. The number of hydrogen-bond donors (Lipinski definition) is 6. The molecule has 3 aromatic rings. The zero-order chi connectivity index (χ0) is 27.7. The molecule has 1 heterocycles. The van der Waals surface area contributed by atoms with Gasteiger partial charge in [0.15, 0.2) is 28.6 Å². The Hall–Kier alpha value is -4.48. The molecule has 0 fully saturated rings. The van der Waals surface area contributed by atoms with Crippen molar-refractivity contribution in [1.29, 1.82) is 0 Å². The topological polar surface area (TPSA) is 269 Å². The van der Waals surface area contributed by atoms with Crippen molar-refractivity contribution in [3.8, 4) is 11.5 Å². The lowest BCUT2D eigenvalue weighted by Gasteiger charge is -2.14. The number of carboxylic acids is 2. The molecule has 16 nitrogen and oxygen atoms in total. The van der Waals surface area contributed by atoms with Crippen LogP contribution in [0.4, 0.5) is 9.59 Å². The smallest absolute Gasteiger partial charge is 0.412 e. The van der Waals surface area contributed by atoms with Gasteiger partial charge >= 0.3 is 24.1 Å². The molecule has 10 N–H and O–H groups in total. The van der Waals surface area contributed by atoms with Gasteiger partial charge in [-0.1, -0.05) is 24.3 Å². The van der Waals surface area contributed by atoms with E-state index in [9.17, 15) is 24.0 Å². The summed E-state index contributed by atoms with van der Waals surface area (Å²) in [5.74, 6) is -2.48. The summed E-state index contributed by atoms with van der Waals surface area (Å²) in [4.78, 5) is 58.2. The van der Waals surface area contributed by atoms with Crippen molar-refractivity contribution in [3.63, 3.8) is 0 Å². The Bertz CT molecular complexity index is 1280. The number of furan rings is 1. The van der Waals surface area contributed by atoms with Gasteiger partial charge in [0.05, 0.1) is 18.5 Å². The molecule has 0 unspecified atom stereocenters. The third kappa shape index (κ3) is 10.2. The average molecular weight is 603 g/mol. The van der Waals surface area contributed by atoms with Gasteiger partial charge in [-0.3, -0.25) is 14.4 Å². The minimum absolute atomic E-state index is 0. The highest BCUT2D eigenvalue weighted by Gasteiger charge is 2.24. The van der Waals surface area contributed by atoms with Gasteiger partial charge in [0.2, 0.25) is 0 Å². The summed E-state index contributed by atoms with van der Waals surface area (Å²) in [6.07, 6.45) is -1.69. The van der Waals surface area contributed by atoms with Crippen molar-refractivity contribution in [2.45, 2.75) is 6.92 Å². The summed E-state index contributed by atoms with van der Waals surface area (Å²) in [6, 6.07) is 7.97. The van der Waals surface area contributed by atoms with Gasteiger partial charge in [-0.15, -0.1) is 12.4 Å². The first-order valence-corrected chi connectivity index (χ1v) is 11.4. The number of rotatable bonds is 13. The minimum atomic E-state index is -1.04. The van der Waals surface area contributed by atoms with E-state index in [0.717, 1.165) is 0 Å². The zero-order valence-electron chi connectivity index (χ0n) is 21.7. The summed E-state index contributed by atoms with van der Waals surface area (Å²) in [5.41, 5.74) is -0.000947. The number of nitrogens with one attached hydrogen (secondary N) is 4. The van der Waals surface area contributed by atoms with Crippen LogP contribution in [0.25, 0.3) is 21.7 Å². The number of carboxylic acid groups (broad SMARTS) is 2. The molecular weight excluding hydrogens is 572 g/mol. The number of carbonyl (C=O) groups excluding carboxylic acids is 3. The van der Waals surface area contributed by atoms with Crippen LogP contribution in [0.2, 0.25) is 0 Å². The van der Waals surface area contributed by atoms with Gasteiger partial charge in [0.25, 0.3) is 0 Å². The Kier molecular flexibility index (Phi) is 15.4.